The van der Waals surface area contributed by atoms with Crippen LogP contribution in [0.3, 0.4) is 0 Å². The van der Waals surface area contributed by atoms with Gasteiger partial charge >= 0.3 is 6.72 Å². The highest BCUT2D eigenvalue weighted by Crippen LogP contribution is 2.58. The molecule has 0 radical (unpaired) electrons. The molecule has 1 unspecified atom stereocenters. The molecule has 1 amide bonds. The molecule has 0 spiro atoms. The Morgan fingerprint density at radius 2 is 2.00 bits per heavy atom. The van der Waals surface area contributed by atoms with Crippen LogP contribution >= 0.6 is 17.2 Å². The first-order valence-corrected chi connectivity index (χ1v) is 7.26. The molecule has 0 aromatic carbocycles. The predicted octanol–water partition coefficient (Wildman–Crippen LogP) is 0.484. The second-order valence-electron chi connectivity index (χ2n) is 2.06. The molecule has 0 aliphatic heterocycles. The van der Waals surface area contributed by atoms with Gasteiger partial charge in [0, 0.05) is 6.92 Å². The van der Waals surface area contributed by atoms with Crippen molar-refractivity contribution >= 4 is 23.1 Å². The molecule has 2 N–H and O–H groups in total. The van der Waals surface area contributed by atoms with Crippen molar-refractivity contribution in [3.05, 3.63) is 0 Å². The van der Waals surface area contributed by atoms with E-state index in [4.69, 9.17) is 4.89 Å². The zero-order chi connectivity index (χ0) is 8.36. The molecular weight excluding hydrogens is 173 g/mol. The molecule has 0 aliphatic carbocycles. The van der Waals surface area contributed by atoms with E-state index >= 15 is 0 Å². The predicted molar refractivity (Wildman–Crippen MR) is 44.5 cm³/mol. The molecule has 6 heteroatoms. The van der Waals surface area contributed by atoms with Gasteiger partial charge in [0.05, 0.1) is 0 Å². The first kappa shape index (κ1) is 10.0. The third-order valence-electron chi connectivity index (χ3n) is 0.845. The van der Waals surface area contributed by atoms with E-state index in [9.17, 15) is 9.36 Å². The SMILES string of the molecule is CC(=O)NP(=O)(O)[SH](C)C. The summed E-state index contributed by atoms with van der Waals surface area (Å²) in [7, 11) is -0.997. The summed E-state index contributed by atoms with van der Waals surface area (Å²) in [4.78, 5) is 19.3. The van der Waals surface area contributed by atoms with Crippen molar-refractivity contribution in [3.8, 4) is 0 Å². The van der Waals surface area contributed by atoms with Gasteiger partial charge in [-0.25, -0.2) is 0 Å². The number of nitrogens with one attached hydrogen (secondary N) is 1. The van der Waals surface area contributed by atoms with Gasteiger partial charge in [0.1, 0.15) is 0 Å². The monoisotopic (exact) mass is 185 g/mol. The lowest BCUT2D eigenvalue weighted by Crippen LogP contribution is -2.15. The van der Waals surface area contributed by atoms with Crippen LogP contribution in [0.4, 0.5) is 0 Å². The largest absolute Gasteiger partial charge is 0.330 e. The summed E-state index contributed by atoms with van der Waals surface area (Å²) in [6.45, 7) is -2.13. The first-order chi connectivity index (χ1) is 4.36. The van der Waals surface area contributed by atoms with Crippen LogP contribution in [0.2, 0.25) is 0 Å². The lowest BCUT2D eigenvalue weighted by atomic mass is 10.8. The summed E-state index contributed by atoms with van der Waals surface area (Å²) in [6.07, 6.45) is 3.29. The van der Waals surface area contributed by atoms with Gasteiger partial charge in [0.2, 0.25) is 5.91 Å². The molecular formula is C4H12NO3PS. The molecule has 1 atom stereocenters. The van der Waals surface area contributed by atoms with Gasteiger partial charge in [-0.15, -0.1) is 0 Å². The summed E-state index contributed by atoms with van der Waals surface area (Å²) < 4.78 is 11.0. The van der Waals surface area contributed by atoms with Crippen molar-refractivity contribution in [2.45, 2.75) is 6.92 Å². The maximum absolute atomic E-state index is 11.0. The van der Waals surface area contributed by atoms with E-state index in [0.717, 1.165) is 0 Å². The summed E-state index contributed by atoms with van der Waals surface area (Å²) >= 11 is 0. The number of thiol groups is 1. The zero-order valence-corrected chi connectivity index (χ0v) is 7.95. The fourth-order valence-corrected chi connectivity index (χ4v) is 1.94. The van der Waals surface area contributed by atoms with Crippen molar-refractivity contribution in [1.29, 1.82) is 0 Å². The van der Waals surface area contributed by atoms with E-state index in [1.165, 1.54) is 6.92 Å². The van der Waals surface area contributed by atoms with Crippen molar-refractivity contribution in [2.75, 3.05) is 12.5 Å². The molecule has 0 rings (SSSR count). The zero-order valence-electron chi connectivity index (χ0n) is 6.16. The van der Waals surface area contributed by atoms with E-state index in [1.807, 2.05) is 5.09 Å². The Morgan fingerprint density at radius 3 is 2.10 bits per heavy atom. The number of carbonyl (C=O) groups is 1. The third-order valence-corrected chi connectivity index (χ3v) is 6.09. The van der Waals surface area contributed by atoms with E-state index in [0.29, 0.717) is 0 Å². The quantitative estimate of drug-likeness (QED) is 0.433. The van der Waals surface area contributed by atoms with Crippen LogP contribution < -0.4 is 5.09 Å². The summed E-state index contributed by atoms with van der Waals surface area (Å²) in [5.74, 6) is -0.456. The van der Waals surface area contributed by atoms with Gasteiger partial charge in [-0.05, 0) is 12.5 Å². The highest BCUT2D eigenvalue weighted by atomic mass is 32.8. The maximum Gasteiger partial charge on any atom is 0.330 e. The number of hydrogen-bond acceptors (Lipinski definition) is 2. The van der Waals surface area contributed by atoms with E-state index in [2.05, 4.69) is 0 Å². The van der Waals surface area contributed by atoms with Gasteiger partial charge in [-0.1, -0.05) is 0 Å². The van der Waals surface area contributed by atoms with Crippen molar-refractivity contribution in [3.63, 3.8) is 0 Å². The average molecular weight is 185 g/mol. The molecule has 0 aliphatic rings. The van der Waals surface area contributed by atoms with E-state index in [-0.39, 0.29) is 0 Å². The summed E-state index contributed by atoms with van der Waals surface area (Å²) in [6, 6.07) is 0. The van der Waals surface area contributed by atoms with Crippen LogP contribution in [0.25, 0.3) is 0 Å². The number of rotatable bonds is 2. The number of carbonyl (C=O) groups excluding carboxylic acids is 1. The second-order valence-corrected chi connectivity index (χ2v) is 9.09. The molecule has 0 fully saturated rings. The summed E-state index contributed by atoms with van der Waals surface area (Å²) in [5, 5.41) is 2.02. The van der Waals surface area contributed by atoms with Crippen LogP contribution in [0, 0.1) is 0 Å². The molecule has 4 nitrogen and oxygen atoms in total. The second kappa shape index (κ2) is 3.42. The molecule has 0 aromatic heterocycles. The molecule has 62 valence electrons. The Kier molecular flexibility index (Phi) is 3.42. The number of hydrogen-bond donors (Lipinski definition) is 3. The molecule has 0 saturated heterocycles. The standard InChI is InChI=1S/C4H12NO3PS/c1-4(6)5-9(7,8)10(2)3/h10H,1-3H3,(H2,5,6,7,8). The average Bonchev–Trinajstić information content (AvgIpc) is 1.60. The topological polar surface area (TPSA) is 66.4 Å². The lowest BCUT2D eigenvalue weighted by Gasteiger charge is -2.17. The summed E-state index contributed by atoms with van der Waals surface area (Å²) in [5.41, 5.74) is 0. The van der Waals surface area contributed by atoms with Crippen LogP contribution in [-0.4, -0.2) is 23.3 Å². The van der Waals surface area contributed by atoms with E-state index in [1.54, 1.807) is 12.5 Å². The van der Waals surface area contributed by atoms with Gasteiger partial charge in [-0.3, -0.25) is 14.4 Å². The Morgan fingerprint density at radius 1 is 1.60 bits per heavy atom. The number of amides is 1. The van der Waals surface area contributed by atoms with Crippen LogP contribution in [0.1, 0.15) is 6.92 Å². The van der Waals surface area contributed by atoms with Crippen LogP contribution in [0.15, 0.2) is 0 Å². The van der Waals surface area contributed by atoms with Gasteiger partial charge < -0.3 is 4.89 Å². The van der Waals surface area contributed by atoms with Crippen molar-refractivity contribution < 1.29 is 14.3 Å². The van der Waals surface area contributed by atoms with Gasteiger partial charge in [0.15, 0.2) is 0 Å². The molecule has 10 heavy (non-hydrogen) atoms. The van der Waals surface area contributed by atoms with E-state index < -0.39 is 23.1 Å². The minimum Gasteiger partial charge on any atom is -0.323 e. The first-order valence-electron chi connectivity index (χ1n) is 2.65. The van der Waals surface area contributed by atoms with Gasteiger partial charge in [0.25, 0.3) is 0 Å². The lowest BCUT2D eigenvalue weighted by molar-refractivity contribution is -0.117. The van der Waals surface area contributed by atoms with Crippen LogP contribution in [-0.2, 0) is 9.36 Å². The van der Waals surface area contributed by atoms with Gasteiger partial charge in [-0.2, -0.15) is 10.5 Å². The Labute approximate surface area is 62.6 Å². The highest BCUT2D eigenvalue weighted by Gasteiger charge is 2.20. The normalized spacial score (nSPS) is 17.4. The Balaban J connectivity index is 4.14. The highest BCUT2D eigenvalue weighted by molar-refractivity contribution is 8.65. The molecule has 0 saturated carbocycles. The Bertz CT molecular complexity index is 181. The third kappa shape index (κ3) is 3.25. The fourth-order valence-electron chi connectivity index (χ4n) is 0.305. The fraction of sp³-hybridized carbons (Fsp3) is 0.750. The maximum atomic E-state index is 11.0. The molecule has 0 bridgehead atoms. The Hall–Kier alpha value is 0.01000. The van der Waals surface area contributed by atoms with Crippen LogP contribution in [0.5, 0.6) is 0 Å². The molecule has 0 aromatic rings. The minimum absolute atomic E-state index is 0.456. The smallest absolute Gasteiger partial charge is 0.323 e. The minimum atomic E-state index is -3.36. The van der Waals surface area contributed by atoms with Crippen molar-refractivity contribution in [1.82, 2.24) is 5.09 Å². The molecule has 0 heterocycles. The van der Waals surface area contributed by atoms with Crippen molar-refractivity contribution in [2.24, 2.45) is 0 Å².